The molecule has 0 saturated heterocycles. The Morgan fingerprint density at radius 1 is 1.64 bits per heavy atom. The highest BCUT2D eigenvalue weighted by molar-refractivity contribution is 5.77. The van der Waals surface area contributed by atoms with Crippen LogP contribution in [0.3, 0.4) is 0 Å². The summed E-state index contributed by atoms with van der Waals surface area (Å²) >= 11 is 0. The Labute approximate surface area is 67.0 Å². The number of primary amides is 1. The van der Waals surface area contributed by atoms with Crippen molar-refractivity contribution in [1.29, 1.82) is 0 Å². The number of amides is 1. The van der Waals surface area contributed by atoms with E-state index in [1.165, 1.54) is 0 Å². The van der Waals surface area contributed by atoms with Gasteiger partial charge < -0.3 is 5.73 Å². The van der Waals surface area contributed by atoms with Crippen LogP contribution in [-0.4, -0.2) is 12.2 Å². The van der Waals surface area contributed by atoms with Crippen molar-refractivity contribution in [3.63, 3.8) is 0 Å². The second-order valence-electron chi connectivity index (χ2n) is 2.63. The van der Waals surface area contributed by atoms with Gasteiger partial charge in [0.2, 0.25) is 12.2 Å². The first-order chi connectivity index (χ1) is 5.20. The SMILES string of the molecule is CCCCC([C]=O)CC(N)=O. The monoisotopic (exact) mass is 156 g/mol. The van der Waals surface area contributed by atoms with Gasteiger partial charge >= 0.3 is 0 Å². The van der Waals surface area contributed by atoms with Gasteiger partial charge in [-0.1, -0.05) is 19.8 Å². The molecule has 0 bridgehead atoms. The minimum Gasteiger partial charge on any atom is -0.370 e. The van der Waals surface area contributed by atoms with E-state index in [4.69, 9.17) is 5.73 Å². The Morgan fingerprint density at radius 3 is 2.64 bits per heavy atom. The summed E-state index contributed by atoms with van der Waals surface area (Å²) in [5.74, 6) is -0.707. The number of carbonyl (C=O) groups excluding carboxylic acids is 2. The summed E-state index contributed by atoms with van der Waals surface area (Å²) in [4.78, 5) is 20.6. The van der Waals surface area contributed by atoms with E-state index in [0.717, 1.165) is 19.3 Å². The molecule has 0 aromatic rings. The molecule has 1 amide bonds. The second-order valence-corrected chi connectivity index (χ2v) is 2.63. The van der Waals surface area contributed by atoms with Crippen molar-refractivity contribution in [2.24, 2.45) is 11.7 Å². The maximum atomic E-state index is 10.4. The molecule has 1 atom stereocenters. The van der Waals surface area contributed by atoms with Crippen LogP contribution in [-0.2, 0) is 9.59 Å². The molecule has 3 nitrogen and oxygen atoms in total. The lowest BCUT2D eigenvalue weighted by Gasteiger charge is -2.04. The zero-order valence-corrected chi connectivity index (χ0v) is 6.80. The number of carbonyl (C=O) groups is 1. The van der Waals surface area contributed by atoms with Crippen molar-refractivity contribution in [1.82, 2.24) is 0 Å². The summed E-state index contributed by atoms with van der Waals surface area (Å²) < 4.78 is 0. The van der Waals surface area contributed by atoms with E-state index in [-0.39, 0.29) is 12.3 Å². The van der Waals surface area contributed by atoms with Crippen molar-refractivity contribution in [3.05, 3.63) is 0 Å². The van der Waals surface area contributed by atoms with Crippen molar-refractivity contribution in [3.8, 4) is 0 Å². The average Bonchev–Trinajstić information content (AvgIpc) is 1.97. The number of rotatable bonds is 6. The van der Waals surface area contributed by atoms with Gasteiger partial charge in [0.25, 0.3) is 0 Å². The smallest absolute Gasteiger partial charge is 0.218 e. The highest BCUT2D eigenvalue weighted by Gasteiger charge is 2.10. The minimum absolute atomic E-state index is 0.142. The molecule has 1 unspecified atom stereocenters. The molecular weight excluding hydrogens is 142 g/mol. The van der Waals surface area contributed by atoms with Gasteiger partial charge in [0.1, 0.15) is 0 Å². The number of hydrogen-bond acceptors (Lipinski definition) is 2. The van der Waals surface area contributed by atoms with Crippen LogP contribution in [0.2, 0.25) is 0 Å². The van der Waals surface area contributed by atoms with E-state index in [0.29, 0.717) is 0 Å². The molecule has 0 aliphatic rings. The molecular formula is C8H14NO2. The van der Waals surface area contributed by atoms with Crippen LogP contribution in [0.15, 0.2) is 0 Å². The van der Waals surface area contributed by atoms with Crippen molar-refractivity contribution < 1.29 is 9.59 Å². The molecule has 3 heteroatoms. The molecule has 0 rings (SSSR count). The number of nitrogens with two attached hydrogens (primary N) is 1. The largest absolute Gasteiger partial charge is 0.370 e. The highest BCUT2D eigenvalue weighted by atomic mass is 16.1. The Hall–Kier alpha value is -0.860. The zero-order chi connectivity index (χ0) is 8.69. The van der Waals surface area contributed by atoms with Crippen LogP contribution >= 0.6 is 0 Å². The fourth-order valence-corrected chi connectivity index (χ4v) is 0.896. The lowest BCUT2D eigenvalue weighted by Crippen LogP contribution is -2.17. The summed E-state index contributed by atoms with van der Waals surface area (Å²) in [5, 5.41) is 0. The highest BCUT2D eigenvalue weighted by Crippen LogP contribution is 2.09. The molecule has 0 saturated carbocycles. The molecule has 1 radical (unpaired) electrons. The maximum absolute atomic E-state index is 10.4. The van der Waals surface area contributed by atoms with Gasteiger partial charge in [-0.15, -0.1) is 0 Å². The molecule has 2 N–H and O–H groups in total. The maximum Gasteiger partial charge on any atom is 0.218 e. The lowest BCUT2D eigenvalue weighted by molar-refractivity contribution is -0.118. The predicted octanol–water partition coefficient (Wildman–Crippen LogP) is 0.778. The zero-order valence-electron chi connectivity index (χ0n) is 6.80. The summed E-state index contributed by atoms with van der Waals surface area (Å²) in [6.45, 7) is 2.03. The Bertz CT molecular complexity index is 134. The van der Waals surface area contributed by atoms with Crippen LogP contribution in [0.4, 0.5) is 0 Å². The lowest BCUT2D eigenvalue weighted by atomic mass is 10.0. The third kappa shape index (κ3) is 5.58. The van der Waals surface area contributed by atoms with Gasteiger partial charge in [0, 0.05) is 12.3 Å². The Morgan fingerprint density at radius 2 is 2.27 bits per heavy atom. The van der Waals surface area contributed by atoms with Crippen molar-refractivity contribution >= 4 is 12.2 Å². The number of hydrogen-bond donors (Lipinski definition) is 1. The summed E-state index contributed by atoms with van der Waals surface area (Å²) in [6, 6.07) is 0. The van der Waals surface area contributed by atoms with Gasteiger partial charge in [-0.3, -0.25) is 9.59 Å². The Balaban J connectivity index is 3.57. The molecule has 0 aliphatic heterocycles. The molecule has 0 spiro atoms. The molecule has 0 fully saturated rings. The topological polar surface area (TPSA) is 60.2 Å². The van der Waals surface area contributed by atoms with E-state index in [1.807, 2.05) is 13.2 Å². The summed E-state index contributed by atoms with van der Waals surface area (Å²) in [7, 11) is 0. The van der Waals surface area contributed by atoms with Crippen LogP contribution in [0.1, 0.15) is 32.6 Å². The normalized spacial score (nSPS) is 12.5. The molecule has 0 heterocycles. The van der Waals surface area contributed by atoms with Crippen molar-refractivity contribution in [2.45, 2.75) is 32.6 Å². The van der Waals surface area contributed by atoms with Gasteiger partial charge in [-0.05, 0) is 6.42 Å². The van der Waals surface area contributed by atoms with Gasteiger partial charge in [0.15, 0.2) is 0 Å². The second kappa shape index (κ2) is 5.89. The first kappa shape index (κ1) is 10.1. The van der Waals surface area contributed by atoms with Crippen LogP contribution < -0.4 is 5.73 Å². The van der Waals surface area contributed by atoms with Gasteiger partial charge in [-0.25, -0.2) is 0 Å². The molecule has 0 aliphatic carbocycles. The number of unbranched alkanes of at least 4 members (excludes halogenated alkanes) is 1. The van der Waals surface area contributed by atoms with Crippen LogP contribution in [0.25, 0.3) is 0 Å². The van der Waals surface area contributed by atoms with E-state index in [9.17, 15) is 9.59 Å². The summed E-state index contributed by atoms with van der Waals surface area (Å²) in [5.41, 5.74) is 4.92. The molecule has 0 aromatic carbocycles. The van der Waals surface area contributed by atoms with Crippen molar-refractivity contribution in [2.75, 3.05) is 0 Å². The fourth-order valence-electron chi connectivity index (χ4n) is 0.896. The fraction of sp³-hybridized carbons (Fsp3) is 0.750. The third-order valence-electron chi connectivity index (χ3n) is 1.52. The first-order valence-corrected chi connectivity index (χ1v) is 3.86. The van der Waals surface area contributed by atoms with Crippen LogP contribution in [0, 0.1) is 5.92 Å². The Kier molecular flexibility index (Phi) is 5.43. The predicted molar refractivity (Wildman–Crippen MR) is 42.5 cm³/mol. The summed E-state index contributed by atoms with van der Waals surface area (Å²) in [6.07, 6.45) is 4.66. The molecule has 11 heavy (non-hydrogen) atoms. The third-order valence-corrected chi connectivity index (χ3v) is 1.52. The standard InChI is InChI=1S/C8H14NO2/c1-2-3-4-7(6-10)5-8(9)11/h7H,2-5H2,1H3,(H2,9,11). The average molecular weight is 156 g/mol. The minimum atomic E-state index is -0.422. The van der Waals surface area contributed by atoms with E-state index in [2.05, 4.69) is 0 Å². The van der Waals surface area contributed by atoms with E-state index in [1.54, 1.807) is 0 Å². The van der Waals surface area contributed by atoms with Gasteiger partial charge in [-0.2, -0.15) is 0 Å². The van der Waals surface area contributed by atoms with E-state index >= 15 is 0 Å². The van der Waals surface area contributed by atoms with Gasteiger partial charge in [0.05, 0.1) is 0 Å². The quantitative estimate of drug-likeness (QED) is 0.617. The van der Waals surface area contributed by atoms with E-state index < -0.39 is 5.91 Å². The molecule has 63 valence electrons. The van der Waals surface area contributed by atoms with Crippen LogP contribution in [0.5, 0.6) is 0 Å². The molecule has 0 aromatic heterocycles. The first-order valence-electron chi connectivity index (χ1n) is 3.86.